The van der Waals surface area contributed by atoms with Crippen LogP contribution in [0.25, 0.3) is 0 Å². The lowest BCUT2D eigenvalue weighted by molar-refractivity contribution is -0.128. The van der Waals surface area contributed by atoms with Gasteiger partial charge >= 0.3 is 0 Å². The first kappa shape index (κ1) is 21.5. The molecular formula is C17H34IN5O. The SMILES string of the molecule is CCNC(=NCC(=O)N1CCCC1)NCC(C)CN1CCCC1.I. The molecule has 0 spiro atoms. The second-order valence-electron chi connectivity index (χ2n) is 6.78. The minimum Gasteiger partial charge on any atom is -0.357 e. The van der Waals surface area contributed by atoms with Crippen molar-refractivity contribution in [2.75, 3.05) is 52.4 Å². The summed E-state index contributed by atoms with van der Waals surface area (Å²) in [5.74, 6) is 1.48. The Balaban J connectivity index is 0.00000288. The highest BCUT2D eigenvalue weighted by Crippen LogP contribution is 2.10. The van der Waals surface area contributed by atoms with E-state index in [9.17, 15) is 4.79 Å². The normalized spacial score (nSPS) is 19.9. The summed E-state index contributed by atoms with van der Waals surface area (Å²) in [5.41, 5.74) is 0. The Kier molecular flexibility index (Phi) is 10.6. The fourth-order valence-corrected chi connectivity index (χ4v) is 3.30. The first-order valence-electron chi connectivity index (χ1n) is 9.21. The third kappa shape index (κ3) is 7.55. The van der Waals surface area contributed by atoms with E-state index in [1.54, 1.807) is 0 Å². The molecule has 2 rings (SSSR count). The quantitative estimate of drug-likeness (QED) is 0.350. The number of rotatable bonds is 7. The molecule has 0 aromatic rings. The van der Waals surface area contributed by atoms with E-state index < -0.39 is 0 Å². The lowest BCUT2D eigenvalue weighted by Gasteiger charge is -2.21. The summed E-state index contributed by atoms with van der Waals surface area (Å²) in [6.07, 6.45) is 4.93. The van der Waals surface area contributed by atoms with E-state index in [1.807, 2.05) is 11.8 Å². The number of hydrogen-bond acceptors (Lipinski definition) is 3. The van der Waals surface area contributed by atoms with Crippen LogP contribution < -0.4 is 10.6 Å². The van der Waals surface area contributed by atoms with E-state index in [-0.39, 0.29) is 36.4 Å². The molecule has 2 aliphatic rings. The number of carbonyl (C=O) groups excluding carboxylic acids is 1. The number of carbonyl (C=O) groups is 1. The maximum atomic E-state index is 12.1. The van der Waals surface area contributed by atoms with Gasteiger partial charge in [0.15, 0.2) is 5.96 Å². The van der Waals surface area contributed by atoms with Crippen molar-refractivity contribution in [3.8, 4) is 0 Å². The van der Waals surface area contributed by atoms with Crippen molar-refractivity contribution in [2.45, 2.75) is 39.5 Å². The number of nitrogens with one attached hydrogen (secondary N) is 2. The van der Waals surface area contributed by atoms with Gasteiger partial charge in [-0.15, -0.1) is 24.0 Å². The molecule has 0 radical (unpaired) electrons. The van der Waals surface area contributed by atoms with Gasteiger partial charge in [-0.1, -0.05) is 6.92 Å². The van der Waals surface area contributed by atoms with Crippen molar-refractivity contribution in [3.63, 3.8) is 0 Å². The first-order valence-corrected chi connectivity index (χ1v) is 9.21. The van der Waals surface area contributed by atoms with Crippen LogP contribution in [-0.4, -0.2) is 74.0 Å². The minimum atomic E-state index is 0. The van der Waals surface area contributed by atoms with Gasteiger partial charge in [-0.3, -0.25) is 4.79 Å². The summed E-state index contributed by atoms with van der Waals surface area (Å²) in [5, 5.41) is 6.61. The van der Waals surface area contributed by atoms with Crippen LogP contribution in [0.15, 0.2) is 4.99 Å². The maximum Gasteiger partial charge on any atom is 0.244 e. The molecule has 1 atom stereocenters. The second-order valence-corrected chi connectivity index (χ2v) is 6.78. The molecule has 2 N–H and O–H groups in total. The molecule has 1 unspecified atom stereocenters. The average Bonchev–Trinajstić information content (AvgIpc) is 3.23. The molecule has 7 heteroatoms. The Bertz CT molecular complexity index is 392. The fourth-order valence-electron chi connectivity index (χ4n) is 3.30. The zero-order valence-electron chi connectivity index (χ0n) is 15.2. The van der Waals surface area contributed by atoms with E-state index in [2.05, 4.69) is 27.4 Å². The number of aliphatic imine (C=N–C) groups is 1. The Morgan fingerprint density at radius 1 is 1.08 bits per heavy atom. The van der Waals surface area contributed by atoms with Crippen LogP contribution in [-0.2, 0) is 4.79 Å². The highest BCUT2D eigenvalue weighted by molar-refractivity contribution is 14.0. The molecule has 2 saturated heterocycles. The predicted octanol–water partition coefficient (Wildman–Crippen LogP) is 1.51. The molecule has 0 aromatic heterocycles. The molecule has 0 saturated carbocycles. The summed E-state index contributed by atoms with van der Waals surface area (Å²) in [4.78, 5) is 21.0. The van der Waals surface area contributed by atoms with Gasteiger partial charge in [0.1, 0.15) is 6.54 Å². The van der Waals surface area contributed by atoms with Gasteiger partial charge < -0.3 is 20.4 Å². The lowest BCUT2D eigenvalue weighted by atomic mass is 10.1. The largest absolute Gasteiger partial charge is 0.357 e. The zero-order chi connectivity index (χ0) is 16.5. The molecule has 2 fully saturated rings. The zero-order valence-corrected chi connectivity index (χ0v) is 17.6. The van der Waals surface area contributed by atoms with E-state index in [0.717, 1.165) is 51.5 Å². The Labute approximate surface area is 163 Å². The minimum absolute atomic E-state index is 0. The molecule has 2 aliphatic heterocycles. The molecule has 2 heterocycles. The van der Waals surface area contributed by atoms with E-state index in [1.165, 1.54) is 25.9 Å². The van der Waals surface area contributed by atoms with Crippen LogP contribution in [0.2, 0.25) is 0 Å². The topological polar surface area (TPSA) is 60.0 Å². The smallest absolute Gasteiger partial charge is 0.244 e. The highest BCUT2D eigenvalue weighted by atomic mass is 127. The van der Waals surface area contributed by atoms with Gasteiger partial charge in [-0.25, -0.2) is 4.99 Å². The third-order valence-electron chi connectivity index (χ3n) is 4.56. The standard InChI is InChI=1S/C17H33N5O.HI/c1-3-18-17(20-13-16(23)22-10-6-7-11-22)19-12-15(2)14-21-8-4-5-9-21;/h15H,3-14H2,1-2H3,(H2,18,19,20);1H. The summed E-state index contributed by atoms with van der Waals surface area (Å²) < 4.78 is 0. The van der Waals surface area contributed by atoms with Gasteiger partial charge in [-0.2, -0.15) is 0 Å². The number of amides is 1. The molecule has 0 aromatic carbocycles. The summed E-state index contributed by atoms with van der Waals surface area (Å²) in [6.45, 7) is 11.7. The van der Waals surface area contributed by atoms with Gasteiger partial charge in [-0.05, 0) is 51.6 Å². The molecule has 1 amide bonds. The summed E-state index contributed by atoms with van der Waals surface area (Å²) in [6, 6.07) is 0. The summed E-state index contributed by atoms with van der Waals surface area (Å²) in [7, 11) is 0. The Morgan fingerprint density at radius 2 is 1.71 bits per heavy atom. The average molecular weight is 451 g/mol. The van der Waals surface area contributed by atoms with Crippen LogP contribution in [0, 0.1) is 5.92 Å². The van der Waals surface area contributed by atoms with Crippen molar-refractivity contribution in [1.82, 2.24) is 20.4 Å². The number of likely N-dealkylation sites (tertiary alicyclic amines) is 2. The Morgan fingerprint density at radius 3 is 2.33 bits per heavy atom. The molecule has 140 valence electrons. The van der Waals surface area contributed by atoms with Crippen LogP contribution in [0.1, 0.15) is 39.5 Å². The summed E-state index contributed by atoms with van der Waals surface area (Å²) >= 11 is 0. The third-order valence-corrected chi connectivity index (χ3v) is 4.56. The molecule has 0 bridgehead atoms. The first-order chi connectivity index (χ1) is 11.2. The van der Waals surface area contributed by atoms with Crippen molar-refractivity contribution >= 4 is 35.8 Å². The van der Waals surface area contributed by atoms with Crippen molar-refractivity contribution < 1.29 is 4.79 Å². The predicted molar refractivity (Wildman–Crippen MR) is 110 cm³/mol. The molecular weight excluding hydrogens is 417 g/mol. The highest BCUT2D eigenvalue weighted by Gasteiger charge is 2.18. The maximum absolute atomic E-state index is 12.1. The van der Waals surface area contributed by atoms with Crippen LogP contribution >= 0.6 is 24.0 Å². The molecule has 6 nitrogen and oxygen atoms in total. The number of nitrogens with zero attached hydrogens (tertiary/aromatic N) is 3. The lowest BCUT2D eigenvalue weighted by Crippen LogP contribution is -2.42. The van der Waals surface area contributed by atoms with E-state index in [0.29, 0.717) is 5.92 Å². The van der Waals surface area contributed by atoms with Crippen molar-refractivity contribution in [1.29, 1.82) is 0 Å². The van der Waals surface area contributed by atoms with Gasteiger partial charge in [0.05, 0.1) is 0 Å². The van der Waals surface area contributed by atoms with Gasteiger partial charge in [0.2, 0.25) is 5.91 Å². The van der Waals surface area contributed by atoms with Crippen LogP contribution in [0.4, 0.5) is 0 Å². The number of guanidine groups is 1. The van der Waals surface area contributed by atoms with Crippen molar-refractivity contribution in [2.24, 2.45) is 10.9 Å². The van der Waals surface area contributed by atoms with Crippen LogP contribution in [0.3, 0.4) is 0 Å². The number of halogens is 1. The molecule has 0 aliphatic carbocycles. The van der Waals surface area contributed by atoms with Crippen LogP contribution in [0.5, 0.6) is 0 Å². The Hall–Kier alpha value is -0.570. The monoisotopic (exact) mass is 451 g/mol. The van der Waals surface area contributed by atoms with Gasteiger partial charge in [0.25, 0.3) is 0 Å². The van der Waals surface area contributed by atoms with Gasteiger partial charge in [0, 0.05) is 32.7 Å². The second kappa shape index (κ2) is 11.9. The van der Waals surface area contributed by atoms with E-state index in [4.69, 9.17) is 0 Å². The van der Waals surface area contributed by atoms with Crippen molar-refractivity contribution in [3.05, 3.63) is 0 Å². The fraction of sp³-hybridized carbons (Fsp3) is 0.882. The van der Waals surface area contributed by atoms with E-state index >= 15 is 0 Å². The molecule has 24 heavy (non-hydrogen) atoms. The number of hydrogen-bond donors (Lipinski definition) is 2.